The zero-order valence-corrected chi connectivity index (χ0v) is 13.1. The summed E-state index contributed by atoms with van der Waals surface area (Å²) in [5.41, 5.74) is 3.57. The van der Waals surface area contributed by atoms with Crippen LogP contribution >= 0.6 is 11.8 Å². The quantitative estimate of drug-likeness (QED) is 0.527. The summed E-state index contributed by atoms with van der Waals surface area (Å²) in [5.74, 6) is 0. The Morgan fingerprint density at radius 2 is 1.63 bits per heavy atom. The summed E-state index contributed by atoms with van der Waals surface area (Å²) in [7, 11) is 0. The predicted octanol–water partition coefficient (Wildman–Crippen LogP) is 4.19. The first kappa shape index (κ1) is 12.7. The Kier molecular flexibility index (Phi) is 3.88. The molecule has 1 aromatic heterocycles. The van der Waals surface area contributed by atoms with E-state index in [2.05, 4.69) is 59.7 Å². The summed E-state index contributed by atoms with van der Waals surface area (Å²) >= 11 is 2.11. The molecule has 0 unspecified atom stereocenters. The first-order chi connectivity index (χ1) is 9.36. The molecule has 0 spiro atoms. The molecule has 3 rings (SSSR count). The average molecular weight is 330 g/mol. The molecule has 0 aliphatic rings. The van der Waals surface area contributed by atoms with Gasteiger partial charge in [-0.25, -0.2) is 0 Å². The van der Waals surface area contributed by atoms with Gasteiger partial charge < -0.3 is 0 Å². The number of thioether (sulfide) groups is 1. The van der Waals surface area contributed by atoms with Gasteiger partial charge in [0.25, 0.3) is 0 Å². The summed E-state index contributed by atoms with van der Waals surface area (Å²) in [6, 6.07) is 19.1. The average Bonchev–Trinajstić information content (AvgIpc) is 2.98. The second-order valence-corrected chi connectivity index (χ2v) is 6.81. The fourth-order valence-electron chi connectivity index (χ4n) is 1.88. The molecular weight excluding hydrogens is 317 g/mol. The van der Waals surface area contributed by atoms with Crippen molar-refractivity contribution in [3.63, 3.8) is 0 Å². The Morgan fingerprint density at radius 3 is 2.32 bits per heavy atom. The van der Waals surface area contributed by atoms with E-state index in [-0.39, 0.29) is 0 Å². The van der Waals surface area contributed by atoms with Gasteiger partial charge in [0.15, 0.2) is 0 Å². The van der Waals surface area contributed by atoms with Crippen LogP contribution < -0.4 is 0 Å². The topological polar surface area (TPSA) is 12.9 Å². The van der Waals surface area contributed by atoms with E-state index in [1.807, 2.05) is 6.07 Å². The molecule has 0 radical (unpaired) electrons. The van der Waals surface area contributed by atoms with Crippen LogP contribution in [0.4, 0.5) is 0 Å². The molecule has 3 aromatic rings. The van der Waals surface area contributed by atoms with Gasteiger partial charge in [0.1, 0.15) is 0 Å². The van der Waals surface area contributed by atoms with Gasteiger partial charge in [-0.3, -0.25) is 0 Å². The Hall–Kier alpha value is -1.28. The van der Waals surface area contributed by atoms with Gasteiger partial charge in [0.05, 0.1) is 0 Å². The van der Waals surface area contributed by atoms with E-state index in [1.165, 1.54) is 20.6 Å². The molecule has 0 aliphatic carbocycles. The molecular formula is C16H13NSSe. The van der Waals surface area contributed by atoms with Crippen molar-refractivity contribution < 1.29 is 0 Å². The molecule has 1 nitrogen and oxygen atoms in total. The van der Waals surface area contributed by atoms with Crippen LogP contribution in [0.3, 0.4) is 0 Å². The second-order valence-electron chi connectivity index (χ2n) is 4.13. The fourth-order valence-corrected chi connectivity index (χ4v) is 4.04. The summed E-state index contributed by atoms with van der Waals surface area (Å²) in [6.45, 7) is 0. The maximum absolute atomic E-state index is 4.78. The summed E-state index contributed by atoms with van der Waals surface area (Å²) in [5, 5.41) is 0. The molecule has 0 amide bonds. The third-order valence-electron chi connectivity index (χ3n) is 2.91. The molecule has 0 atom stereocenters. The zero-order valence-electron chi connectivity index (χ0n) is 10.5. The molecule has 0 N–H and O–H groups in total. The van der Waals surface area contributed by atoms with Crippen molar-refractivity contribution >= 4 is 26.3 Å². The van der Waals surface area contributed by atoms with Crippen molar-refractivity contribution in [2.75, 3.05) is 6.26 Å². The van der Waals surface area contributed by atoms with Crippen LogP contribution in [0.2, 0.25) is 0 Å². The fraction of sp³-hybridized carbons (Fsp3) is 0.0625. The number of nitrogens with zero attached hydrogens (tertiary/aromatic N) is 1. The summed E-state index contributed by atoms with van der Waals surface area (Å²) in [4.78, 5) is 8.34. The minimum atomic E-state index is 0.339. The van der Waals surface area contributed by atoms with Crippen LogP contribution in [-0.2, 0) is 0 Å². The first-order valence-electron chi connectivity index (χ1n) is 6.02. The van der Waals surface area contributed by atoms with Crippen LogP contribution in [0.1, 0.15) is 0 Å². The standard InChI is InChI=1S/C16H13NSSe/c1-18-14-9-7-13(8-10-14)16-17-15(11-19-16)12-5-3-2-4-6-12/h2-11H,1H3. The van der Waals surface area contributed by atoms with Gasteiger partial charge >= 0.3 is 123 Å². The molecule has 3 heteroatoms. The van der Waals surface area contributed by atoms with Crippen molar-refractivity contribution in [2.45, 2.75) is 4.90 Å². The van der Waals surface area contributed by atoms with E-state index in [1.54, 1.807) is 11.8 Å². The van der Waals surface area contributed by atoms with Crippen molar-refractivity contribution in [1.82, 2.24) is 4.98 Å². The van der Waals surface area contributed by atoms with Crippen LogP contribution in [-0.4, -0.2) is 25.7 Å². The van der Waals surface area contributed by atoms with Crippen molar-refractivity contribution in [2.24, 2.45) is 0 Å². The van der Waals surface area contributed by atoms with Gasteiger partial charge in [-0.1, -0.05) is 0 Å². The molecule has 19 heavy (non-hydrogen) atoms. The molecule has 0 bridgehead atoms. The Labute approximate surface area is 123 Å². The van der Waals surface area contributed by atoms with E-state index >= 15 is 0 Å². The van der Waals surface area contributed by atoms with E-state index in [9.17, 15) is 0 Å². The normalized spacial score (nSPS) is 10.6. The molecule has 0 saturated heterocycles. The Balaban J connectivity index is 1.92. The van der Waals surface area contributed by atoms with E-state index < -0.39 is 0 Å². The van der Waals surface area contributed by atoms with Gasteiger partial charge in [-0.2, -0.15) is 0 Å². The number of hydrogen-bond donors (Lipinski definition) is 0. The molecule has 0 aliphatic heterocycles. The van der Waals surface area contributed by atoms with Crippen LogP contribution in [0, 0.1) is 0 Å². The second kappa shape index (κ2) is 5.79. The molecule has 2 aromatic carbocycles. The van der Waals surface area contributed by atoms with Gasteiger partial charge in [-0.15, -0.1) is 0 Å². The van der Waals surface area contributed by atoms with Gasteiger partial charge in [0, 0.05) is 0 Å². The van der Waals surface area contributed by atoms with Crippen LogP contribution in [0.25, 0.3) is 21.4 Å². The maximum atomic E-state index is 4.78. The number of aromatic nitrogens is 1. The molecule has 94 valence electrons. The number of hydrogen-bond acceptors (Lipinski definition) is 2. The van der Waals surface area contributed by atoms with Crippen LogP contribution in [0.15, 0.2) is 64.4 Å². The van der Waals surface area contributed by atoms with Crippen molar-refractivity contribution in [3.05, 3.63) is 59.5 Å². The third-order valence-corrected chi connectivity index (χ3v) is 5.52. The Morgan fingerprint density at radius 1 is 0.895 bits per heavy atom. The van der Waals surface area contributed by atoms with Crippen molar-refractivity contribution in [3.8, 4) is 21.4 Å². The van der Waals surface area contributed by atoms with Crippen LogP contribution in [0.5, 0.6) is 0 Å². The SMILES string of the molecule is CSc1ccc(-c2nc(-c3ccccc3)c[se]2)cc1. The van der Waals surface area contributed by atoms with Gasteiger partial charge in [0.2, 0.25) is 0 Å². The summed E-state index contributed by atoms with van der Waals surface area (Å²) in [6.07, 6.45) is 2.10. The zero-order chi connectivity index (χ0) is 13.1. The van der Waals surface area contributed by atoms with E-state index in [4.69, 9.17) is 4.98 Å². The minimum absolute atomic E-state index is 0.339. The Bertz CT molecular complexity index is 659. The first-order valence-corrected chi connectivity index (χ1v) is 9.09. The third kappa shape index (κ3) is 2.84. The number of benzene rings is 2. The van der Waals surface area contributed by atoms with E-state index in [0.29, 0.717) is 14.5 Å². The molecule has 0 saturated carbocycles. The van der Waals surface area contributed by atoms with E-state index in [0.717, 1.165) is 5.69 Å². The number of rotatable bonds is 3. The predicted molar refractivity (Wildman–Crippen MR) is 83.8 cm³/mol. The van der Waals surface area contributed by atoms with Gasteiger partial charge in [-0.05, 0) is 0 Å². The molecule has 0 fully saturated rings. The summed E-state index contributed by atoms with van der Waals surface area (Å²) < 4.78 is 1.22. The van der Waals surface area contributed by atoms with Crippen molar-refractivity contribution in [1.29, 1.82) is 0 Å². The monoisotopic (exact) mass is 331 g/mol. The molecule has 1 heterocycles.